The molecule has 8 heteroatoms. The second kappa shape index (κ2) is 10.2. The number of amides is 1. The van der Waals surface area contributed by atoms with Crippen molar-refractivity contribution in [1.29, 1.82) is 0 Å². The number of hydrogen-bond donors (Lipinski definition) is 1. The van der Waals surface area contributed by atoms with Crippen LogP contribution in [0.15, 0.2) is 72.9 Å². The summed E-state index contributed by atoms with van der Waals surface area (Å²) in [6.07, 6.45) is 2.91. The van der Waals surface area contributed by atoms with Gasteiger partial charge in [0.15, 0.2) is 0 Å². The molecule has 1 fully saturated rings. The van der Waals surface area contributed by atoms with Crippen LogP contribution >= 0.6 is 0 Å². The van der Waals surface area contributed by atoms with Crippen molar-refractivity contribution in [3.8, 4) is 0 Å². The number of nitrogens with zero attached hydrogens (tertiary/aromatic N) is 4. The van der Waals surface area contributed by atoms with Crippen LogP contribution in [0.4, 0.5) is 11.4 Å². The minimum atomic E-state index is -0.369. The molecule has 2 atom stereocenters. The highest BCUT2D eigenvalue weighted by molar-refractivity contribution is 5.82. The fourth-order valence-electron chi connectivity index (χ4n) is 5.26. The number of pyridine rings is 1. The van der Waals surface area contributed by atoms with E-state index in [2.05, 4.69) is 32.2 Å². The molecule has 2 aliphatic rings. The first-order valence-electron chi connectivity index (χ1n) is 12.1. The summed E-state index contributed by atoms with van der Waals surface area (Å²) in [5, 5.41) is 14.5. The second-order valence-corrected chi connectivity index (χ2v) is 9.22. The summed E-state index contributed by atoms with van der Waals surface area (Å²) in [5.41, 5.74) is 4.14. The zero-order valence-electron chi connectivity index (χ0n) is 19.5. The van der Waals surface area contributed by atoms with Gasteiger partial charge in [0.05, 0.1) is 16.9 Å². The molecule has 35 heavy (non-hydrogen) atoms. The van der Waals surface area contributed by atoms with Crippen molar-refractivity contribution in [1.82, 2.24) is 15.2 Å². The number of benzene rings is 2. The van der Waals surface area contributed by atoms with Crippen molar-refractivity contribution in [3.63, 3.8) is 0 Å². The maximum atomic E-state index is 13.4. The Morgan fingerprint density at radius 3 is 2.69 bits per heavy atom. The van der Waals surface area contributed by atoms with E-state index in [9.17, 15) is 14.9 Å². The van der Waals surface area contributed by atoms with Gasteiger partial charge in [0, 0.05) is 68.9 Å². The maximum absolute atomic E-state index is 13.4. The van der Waals surface area contributed by atoms with Gasteiger partial charge < -0.3 is 10.2 Å². The Hall–Kier alpha value is -3.78. The van der Waals surface area contributed by atoms with Gasteiger partial charge in [-0.25, -0.2) is 0 Å². The Balaban J connectivity index is 1.35. The molecular weight excluding hydrogens is 442 g/mol. The zero-order chi connectivity index (χ0) is 24.2. The van der Waals surface area contributed by atoms with Gasteiger partial charge in [-0.1, -0.05) is 36.4 Å². The lowest BCUT2D eigenvalue weighted by molar-refractivity contribution is -0.384. The van der Waals surface area contributed by atoms with Crippen LogP contribution in [0.2, 0.25) is 0 Å². The summed E-state index contributed by atoms with van der Waals surface area (Å²) in [5.74, 6) is -0.290. The lowest BCUT2D eigenvalue weighted by Crippen LogP contribution is -2.61. The largest absolute Gasteiger partial charge is 0.365 e. The third-order valence-electron chi connectivity index (χ3n) is 6.98. The molecule has 8 nitrogen and oxygen atoms in total. The van der Waals surface area contributed by atoms with Gasteiger partial charge in [0.25, 0.3) is 5.69 Å². The molecule has 3 heterocycles. The Morgan fingerprint density at radius 1 is 1.09 bits per heavy atom. The molecule has 1 aromatic heterocycles. The number of rotatable bonds is 7. The van der Waals surface area contributed by atoms with Crippen LogP contribution in [-0.4, -0.2) is 52.9 Å². The zero-order valence-corrected chi connectivity index (χ0v) is 19.5. The van der Waals surface area contributed by atoms with E-state index in [-0.39, 0.29) is 28.5 Å². The number of non-ortho nitro benzene ring substituents is 1. The molecule has 0 bridgehead atoms. The highest BCUT2D eigenvalue weighted by Crippen LogP contribution is 2.38. The van der Waals surface area contributed by atoms with Gasteiger partial charge in [0.2, 0.25) is 5.91 Å². The van der Waals surface area contributed by atoms with Crippen molar-refractivity contribution < 1.29 is 9.72 Å². The Morgan fingerprint density at radius 2 is 1.91 bits per heavy atom. The van der Waals surface area contributed by atoms with Crippen LogP contribution in [0, 0.1) is 16.0 Å². The summed E-state index contributed by atoms with van der Waals surface area (Å²) in [7, 11) is 0. The van der Waals surface area contributed by atoms with E-state index in [1.165, 1.54) is 5.56 Å². The van der Waals surface area contributed by atoms with Crippen LogP contribution in [0.25, 0.3) is 0 Å². The average Bonchev–Trinajstić information content (AvgIpc) is 2.89. The summed E-state index contributed by atoms with van der Waals surface area (Å²) in [6, 6.07) is 21.2. The van der Waals surface area contributed by atoms with Crippen LogP contribution in [0.5, 0.6) is 0 Å². The number of anilines is 1. The average molecular weight is 472 g/mol. The molecule has 0 unspecified atom stereocenters. The van der Waals surface area contributed by atoms with Crippen LogP contribution in [-0.2, 0) is 24.2 Å². The summed E-state index contributed by atoms with van der Waals surface area (Å²) < 4.78 is 0. The number of nitrogens with one attached hydrogen (secondary N) is 1. The molecule has 0 saturated carbocycles. The first-order valence-corrected chi connectivity index (χ1v) is 12.1. The predicted molar refractivity (Wildman–Crippen MR) is 134 cm³/mol. The molecule has 0 spiro atoms. The molecule has 0 aliphatic carbocycles. The quantitative estimate of drug-likeness (QED) is 0.420. The van der Waals surface area contributed by atoms with E-state index in [4.69, 9.17) is 0 Å². The van der Waals surface area contributed by atoms with Crippen LogP contribution < -0.4 is 10.2 Å². The number of fused-ring (bicyclic) bond motifs is 3. The molecule has 180 valence electrons. The summed E-state index contributed by atoms with van der Waals surface area (Å²) in [4.78, 5) is 33.5. The highest BCUT2D eigenvalue weighted by atomic mass is 16.6. The number of piperazine rings is 1. The van der Waals surface area contributed by atoms with Crippen molar-refractivity contribution in [2.45, 2.75) is 25.4 Å². The maximum Gasteiger partial charge on any atom is 0.269 e. The number of carbonyl (C=O) groups excluding carboxylic acids is 1. The minimum Gasteiger partial charge on any atom is -0.365 e. The third-order valence-corrected chi connectivity index (χ3v) is 6.98. The molecule has 3 aromatic rings. The number of nitro benzene ring substituents is 1. The number of carbonyl (C=O) groups is 1. The monoisotopic (exact) mass is 471 g/mol. The predicted octanol–water partition coefficient (Wildman–Crippen LogP) is 3.21. The molecule has 2 aliphatic heterocycles. The van der Waals surface area contributed by atoms with Crippen molar-refractivity contribution in [2.75, 3.05) is 31.1 Å². The first-order chi connectivity index (χ1) is 17.1. The molecule has 0 radical (unpaired) electrons. The lowest BCUT2D eigenvalue weighted by atomic mass is 9.83. The molecule has 1 saturated heterocycles. The van der Waals surface area contributed by atoms with Gasteiger partial charge in [-0.3, -0.25) is 24.8 Å². The fourth-order valence-corrected chi connectivity index (χ4v) is 5.26. The Labute approximate surface area is 204 Å². The van der Waals surface area contributed by atoms with Gasteiger partial charge in [0.1, 0.15) is 0 Å². The second-order valence-electron chi connectivity index (χ2n) is 9.22. The number of nitro groups is 1. The number of hydrogen-bond acceptors (Lipinski definition) is 6. The topological polar surface area (TPSA) is 91.6 Å². The molecule has 5 rings (SSSR count). The molecule has 2 aromatic carbocycles. The standard InChI is InChI=1S/C27H29N5O3/c33-27(29-13-11-22-8-4-5-12-28-22)24-17-21-16-23(32(34)35)9-10-25(21)31-15-14-30(19-26(24)31)18-20-6-2-1-3-7-20/h1-10,12,16,24,26H,11,13-15,17-19H2,(H,29,33)/t24-,26+/m1/s1. The van der Waals surface area contributed by atoms with Crippen molar-refractivity contribution in [3.05, 3.63) is 99.9 Å². The van der Waals surface area contributed by atoms with E-state index in [0.29, 0.717) is 19.4 Å². The van der Waals surface area contributed by atoms with E-state index in [0.717, 1.165) is 43.1 Å². The van der Waals surface area contributed by atoms with E-state index >= 15 is 0 Å². The fraction of sp³-hybridized carbons (Fsp3) is 0.333. The van der Waals surface area contributed by atoms with E-state index in [1.807, 2.05) is 42.5 Å². The van der Waals surface area contributed by atoms with Crippen LogP contribution in [0.3, 0.4) is 0 Å². The SMILES string of the molecule is O=C(NCCc1ccccn1)[C@@H]1Cc2cc([N+](=O)[O-])ccc2N2CCN(Cc3ccccc3)C[C@@H]12. The highest BCUT2D eigenvalue weighted by Gasteiger charge is 2.41. The third kappa shape index (κ3) is 5.17. The van der Waals surface area contributed by atoms with Crippen molar-refractivity contribution in [2.24, 2.45) is 5.92 Å². The summed E-state index contributed by atoms with van der Waals surface area (Å²) >= 11 is 0. The van der Waals surface area contributed by atoms with Crippen LogP contribution in [0.1, 0.15) is 16.8 Å². The van der Waals surface area contributed by atoms with Gasteiger partial charge >= 0.3 is 0 Å². The Kier molecular flexibility index (Phi) is 6.72. The van der Waals surface area contributed by atoms with Crippen molar-refractivity contribution >= 4 is 17.3 Å². The molecular formula is C27H29N5O3. The minimum absolute atomic E-state index is 0.00496. The molecule has 1 amide bonds. The smallest absolute Gasteiger partial charge is 0.269 e. The Bertz CT molecular complexity index is 1190. The van der Waals surface area contributed by atoms with Gasteiger partial charge in [-0.15, -0.1) is 0 Å². The first kappa shape index (κ1) is 23.0. The molecule has 1 N–H and O–H groups in total. The van der Waals surface area contributed by atoms with E-state index in [1.54, 1.807) is 18.3 Å². The van der Waals surface area contributed by atoms with Gasteiger partial charge in [-0.2, -0.15) is 0 Å². The number of aromatic nitrogens is 1. The van der Waals surface area contributed by atoms with E-state index < -0.39 is 0 Å². The lowest BCUT2D eigenvalue weighted by Gasteiger charge is -2.49. The van der Waals surface area contributed by atoms with Gasteiger partial charge in [-0.05, 0) is 35.7 Å². The summed E-state index contributed by atoms with van der Waals surface area (Å²) in [6.45, 7) is 3.76. The normalized spacial score (nSPS) is 19.5.